The third-order valence-electron chi connectivity index (χ3n) is 3.74. The van der Waals surface area contributed by atoms with E-state index in [4.69, 9.17) is 0 Å². The molecule has 1 radical (unpaired) electrons. The van der Waals surface area contributed by atoms with Crippen molar-refractivity contribution >= 4 is 0 Å². The molecular weight excluding hydrogens is 158 g/mol. The van der Waals surface area contributed by atoms with Crippen molar-refractivity contribution in [1.82, 2.24) is 4.90 Å². The van der Waals surface area contributed by atoms with Crippen molar-refractivity contribution in [3.05, 3.63) is 6.92 Å². The van der Waals surface area contributed by atoms with E-state index in [1.165, 1.54) is 58.0 Å². The molecule has 1 heterocycles. The van der Waals surface area contributed by atoms with Gasteiger partial charge in [-0.3, -0.25) is 0 Å². The highest BCUT2D eigenvalue weighted by Crippen LogP contribution is 2.26. The van der Waals surface area contributed by atoms with Crippen molar-refractivity contribution in [2.24, 2.45) is 5.92 Å². The topological polar surface area (TPSA) is 3.24 Å². The smallest absolute Gasteiger partial charge is 0.00952 e. The SMILES string of the molecule is [CH2]C1CCN(C2CCCCC2)CC1. The first-order chi connectivity index (χ1) is 6.36. The molecule has 0 aromatic heterocycles. The first kappa shape index (κ1) is 9.51. The fourth-order valence-electron chi connectivity index (χ4n) is 2.76. The summed E-state index contributed by atoms with van der Waals surface area (Å²) in [7, 11) is 0. The number of likely N-dealkylation sites (tertiary alicyclic amines) is 1. The fourth-order valence-corrected chi connectivity index (χ4v) is 2.76. The van der Waals surface area contributed by atoms with Crippen molar-refractivity contribution in [1.29, 1.82) is 0 Å². The molecule has 0 unspecified atom stereocenters. The van der Waals surface area contributed by atoms with Crippen LogP contribution in [0.4, 0.5) is 0 Å². The quantitative estimate of drug-likeness (QED) is 0.600. The second-order valence-corrected chi connectivity index (χ2v) is 4.77. The van der Waals surface area contributed by atoms with Crippen LogP contribution in [0.25, 0.3) is 0 Å². The van der Waals surface area contributed by atoms with Gasteiger partial charge in [0.25, 0.3) is 0 Å². The zero-order chi connectivity index (χ0) is 9.10. The third-order valence-corrected chi connectivity index (χ3v) is 3.74. The predicted molar refractivity (Wildman–Crippen MR) is 56.5 cm³/mol. The summed E-state index contributed by atoms with van der Waals surface area (Å²) in [5.74, 6) is 0.736. The van der Waals surface area contributed by atoms with Crippen LogP contribution < -0.4 is 0 Å². The van der Waals surface area contributed by atoms with Gasteiger partial charge >= 0.3 is 0 Å². The van der Waals surface area contributed by atoms with E-state index < -0.39 is 0 Å². The maximum Gasteiger partial charge on any atom is 0.00952 e. The molecule has 1 aliphatic heterocycles. The standard InChI is InChI=1S/C12H22N/c1-11-7-9-13(10-8-11)12-5-3-2-4-6-12/h11-12H,1-10H2. The summed E-state index contributed by atoms with van der Waals surface area (Å²) in [6, 6.07) is 0.932. The van der Waals surface area contributed by atoms with Crippen LogP contribution in [0.3, 0.4) is 0 Å². The lowest BCUT2D eigenvalue weighted by Gasteiger charge is -2.38. The van der Waals surface area contributed by atoms with E-state index in [2.05, 4.69) is 11.8 Å². The summed E-state index contributed by atoms with van der Waals surface area (Å²) in [4.78, 5) is 2.72. The van der Waals surface area contributed by atoms with Gasteiger partial charge in [0.05, 0.1) is 0 Å². The Morgan fingerprint density at radius 1 is 0.846 bits per heavy atom. The number of hydrogen-bond acceptors (Lipinski definition) is 1. The minimum atomic E-state index is 0.736. The molecule has 0 aromatic rings. The van der Waals surface area contributed by atoms with Gasteiger partial charge in [-0.1, -0.05) is 26.2 Å². The Bertz CT molecular complexity index is 141. The van der Waals surface area contributed by atoms with Gasteiger partial charge in [0, 0.05) is 6.04 Å². The highest BCUT2D eigenvalue weighted by atomic mass is 15.2. The lowest BCUT2D eigenvalue weighted by atomic mass is 9.91. The fraction of sp³-hybridized carbons (Fsp3) is 0.917. The largest absolute Gasteiger partial charge is 0.300 e. The average Bonchev–Trinajstić information content (AvgIpc) is 2.20. The zero-order valence-corrected chi connectivity index (χ0v) is 8.67. The van der Waals surface area contributed by atoms with E-state index in [1.54, 1.807) is 0 Å². The molecule has 1 aliphatic carbocycles. The zero-order valence-electron chi connectivity index (χ0n) is 8.67. The number of hydrogen-bond donors (Lipinski definition) is 0. The Morgan fingerprint density at radius 2 is 1.46 bits per heavy atom. The molecule has 0 aromatic carbocycles. The molecule has 1 heteroatoms. The van der Waals surface area contributed by atoms with Crippen LogP contribution in [-0.2, 0) is 0 Å². The molecule has 0 atom stereocenters. The summed E-state index contributed by atoms with van der Waals surface area (Å²) in [5.41, 5.74) is 0. The Kier molecular flexibility index (Phi) is 3.26. The number of piperidine rings is 1. The molecule has 13 heavy (non-hydrogen) atoms. The summed E-state index contributed by atoms with van der Waals surface area (Å²) in [5, 5.41) is 0. The van der Waals surface area contributed by atoms with E-state index in [9.17, 15) is 0 Å². The van der Waals surface area contributed by atoms with Gasteiger partial charge in [-0.05, 0) is 44.7 Å². The molecule has 0 bridgehead atoms. The van der Waals surface area contributed by atoms with E-state index in [1.807, 2.05) is 0 Å². The molecule has 1 saturated heterocycles. The first-order valence-corrected chi connectivity index (χ1v) is 5.93. The van der Waals surface area contributed by atoms with Crippen LogP contribution >= 0.6 is 0 Å². The van der Waals surface area contributed by atoms with Crippen LogP contribution in [0.2, 0.25) is 0 Å². The van der Waals surface area contributed by atoms with Crippen molar-refractivity contribution in [3.8, 4) is 0 Å². The summed E-state index contributed by atoms with van der Waals surface area (Å²) >= 11 is 0. The van der Waals surface area contributed by atoms with Crippen molar-refractivity contribution in [2.45, 2.75) is 51.0 Å². The van der Waals surface area contributed by atoms with Crippen LogP contribution in [0.5, 0.6) is 0 Å². The Balaban J connectivity index is 1.79. The third kappa shape index (κ3) is 2.46. The molecule has 0 spiro atoms. The molecule has 2 rings (SSSR count). The van der Waals surface area contributed by atoms with Crippen molar-refractivity contribution < 1.29 is 0 Å². The second kappa shape index (κ2) is 4.45. The Morgan fingerprint density at radius 3 is 2.08 bits per heavy atom. The molecule has 0 N–H and O–H groups in total. The number of rotatable bonds is 1. The van der Waals surface area contributed by atoms with Crippen molar-refractivity contribution in [3.63, 3.8) is 0 Å². The minimum absolute atomic E-state index is 0.736. The van der Waals surface area contributed by atoms with Gasteiger partial charge in [0.15, 0.2) is 0 Å². The predicted octanol–water partition coefficient (Wildman–Crippen LogP) is 2.87. The van der Waals surface area contributed by atoms with Crippen LogP contribution in [0.15, 0.2) is 0 Å². The second-order valence-electron chi connectivity index (χ2n) is 4.77. The normalized spacial score (nSPS) is 29.3. The molecule has 0 amide bonds. The Labute approximate surface area is 82.5 Å². The average molecular weight is 180 g/mol. The van der Waals surface area contributed by atoms with Crippen LogP contribution in [0.1, 0.15) is 44.9 Å². The van der Waals surface area contributed by atoms with E-state index in [0.29, 0.717) is 0 Å². The van der Waals surface area contributed by atoms with E-state index in [-0.39, 0.29) is 0 Å². The highest BCUT2D eigenvalue weighted by Gasteiger charge is 2.24. The molecule has 2 fully saturated rings. The van der Waals surface area contributed by atoms with Crippen LogP contribution in [0, 0.1) is 12.8 Å². The molecule has 75 valence electrons. The van der Waals surface area contributed by atoms with Gasteiger partial charge in [-0.25, -0.2) is 0 Å². The summed E-state index contributed by atoms with van der Waals surface area (Å²) < 4.78 is 0. The lowest BCUT2D eigenvalue weighted by Crippen LogP contribution is -2.41. The van der Waals surface area contributed by atoms with Crippen molar-refractivity contribution in [2.75, 3.05) is 13.1 Å². The molecule has 2 aliphatic rings. The van der Waals surface area contributed by atoms with Gasteiger partial charge in [0.2, 0.25) is 0 Å². The highest BCUT2D eigenvalue weighted by molar-refractivity contribution is 4.81. The monoisotopic (exact) mass is 180 g/mol. The van der Waals surface area contributed by atoms with E-state index >= 15 is 0 Å². The molecular formula is C12H22N. The Hall–Kier alpha value is -0.0400. The molecule has 1 saturated carbocycles. The number of nitrogens with zero attached hydrogens (tertiary/aromatic N) is 1. The first-order valence-electron chi connectivity index (χ1n) is 5.93. The van der Waals surface area contributed by atoms with Gasteiger partial charge < -0.3 is 4.90 Å². The lowest BCUT2D eigenvalue weighted by molar-refractivity contribution is 0.116. The van der Waals surface area contributed by atoms with Gasteiger partial charge in [-0.2, -0.15) is 0 Å². The maximum absolute atomic E-state index is 4.15. The van der Waals surface area contributed by atoms with E-state index in [0.717, 1.165) is 12.0 Å². The van der Waals surface area contributed by atoms with Gasteiger partial charge in [-0.15, -0.1) is 0 Å². The van der Waals surface area contributed by atoms with Crippen LogP contribution in [-0.4, -0.2) is 24.0 Å². The summed E-state index contributed by atoms with van der Waals surface area (Å²) in [6.07, 6.45) is 9.99. The van der Waals surface area contributed by atoms with Gasteiger partial charge in [0.1, 0.15) is 0 Å². The molecule has 1 nitrogen and oxygen atoms in total. The minimum Gasteiger partial charge on any atom is -0.300 e. The maximum atomic E-state index is 4.15. The summed E-state index contributed by atoms with van der Waals surface area (Å²) in [6.45, 7) is 6.79.